The molecule has 0 aliphatic rings. The van der Waals surface area contributed by atoms with E-state index in [4.69, 9.17) is 4.74 Å². The highest BCUT2D eigenvalue weighted by Crippen LogP contribution is 2.19. The highest BCUT2D eigenvalue weighted by molar-refractivity contribution is 5.92. The first-order valence-corrected chi connectivity index (χ1v) is 12.6. The molecular weight excluding hydrogens is 483 g/mol. The molecule has 0 aliphatic heterocycles. The van der Waals surface area contributed by atoms with E-state index >= 15 is 0 Å². The van der Waals surface area contributed by atoms with Crippen LogP contribution in [0.15, 0.2) is 79.0 Å². The normalized spacial score (nSPS) is 10.9. The van der Waals surface area contributed by atoms with E-state index < -0.39 is 11.8 Å². The zero-order chi connectivity index (χ0) is 26.9. The fourth-order valence-corrected chi connectivity index (χ4v) is 4.29. The molecule has 3 amide bonds. The average molecular weight is 517 g/mol. The van der Waals surface area contributed by atoms with E-state index in [0.717, 1.165) is 27.6 Å². The van der Waals surface area contributed by atoms with Gasteiger partial charge in [-0.3, -0.25) is 4.79 Å². The summed E-state index contributed by atoms with van der Waals surface area (Å²) in [5.41, 5.74) is 4.66. The minimum Gasteiger partial charge on any atom is -0.383 e. The molecule has 4 rings (SSSR count). The Hall–Kier alpha value is -4.17. The van der Waals surface area contributed by atoms with Gasteiger partial charge in [0.1, 0.15) is 12.4 Å². The number of rotatable bonds is 11. The number of aryl methyl sites for hydroxylation is 1. The number of nitrogens with one attached hydrogen (secondary N) is 2. The monoisotopic (exact) mass is 516 g/mol. The summed E-state index contributed by atoms with van der Waals surface area (Å²) in [4.78, 5) is 33.1. The predicted molar refractivity (Wildman–Crippen MR) is 147 cm³/mol. The highest BCUT2D eigenvalue weighted by Gasteiger charge is 2.22. The number of benzene rings is 3. The number of carbonyl (C=O) groups is 2. The molecule has 1 aromatic heterocycles. The Morgan fingerprint density at radius 2 is 1.76 bits per heavy atom. The van der Waals surface area contributed by atoms with Gasteiger partial charge in [0.2, 0.25) is 5.91 Å². The van der Waals surface area contributed by atoms with Crippen molar-refractivity contribution in [3.8, 4) is 0 Å². The van der Waals surface area contributed by atoms with Crippen molar-refractivity contribution in [3.63, 3.8) is 0 Å². The number of para-hydroxylation sites is 1. The first-order chi connectivity index (χ1) is 18.4. The molecule has 4 aromatic rings. The molecular formula is C30H33FN4O3. The number of amides is 3. The van der Waals surface area contributed by atoms with Crippen LogP contribution in [0.4, 0.5) is 14.9 Å². The van der Waals surface area contributed by atoms with Crippen LogP contribution in [-0.4, -0.2) is 60.1 Å². The second kappa shape index (κ2) is 12.9. The number of anilines is 1. The van der Waals surface area contributed by atoms with E-state index in [0.29, 0.717) is 25.2 Å². The number of urea groups is 1. The number of hydrogen-bond acceptors (Lipinski definition) is 3. The topological polar surface area (TPSA) is 77.7 Å². The van der Waals surface area contributed by atoms with Gasteiger partial charge in [0.05, 0.1) is 6.61 Å². The minimum absolute atomic E-state index is 0.135. The Kier molecular flexibility index (Phi) is 9.11. The molecule has 7 nitrogen and oxygen atoms in total. The number of ether oxygens (including phenoxy) is 1. The van der Waals surface area contributed by atoms with Gasteiger partial charge in [-0.1, -0.05) is 54.1 Å². The van der Waals surface area contributed by atoms with Crippen LogP contribution in [0.5, 0.6) is 0 Å². The van der Waals surface area contributed by atoms with Gasteiger partial charge >= 0.3 is 6.03 Å². The Morgan fingerprint density at radius 3 is 2.53 bits per heavy atom. The summed E-state index contributed by atoms with van der Waals surface area (Å²) < 4.78 is 18.8. The maximum absolute atomic E-state index is 13.6. The van der Waals surface area contributed by atoms with Crippen LogP contribution in [-0.2, 0) is 22.5 Å². The third-order valence-corrected chi connectivity index (χ3v) is 6.43. The molecule has 0 radical (unpaired) electrons. The summed E-state index contributed by atoms with van der Waals surface area (Å²) in [6, 6.07) is 21.3. The van der Waals surface area contributed by atoms with Crippen LogP contribution >= 0.6 is 0 Å². The lowest BCUT2D eigenvalue weighted by molar-refractivity contribution is -0.132. The average Bonchev–Trinajstić information content (AvgIpc) is 3.33. The molecule has 38 heavy (non-hydrogen) atoms. The standard InChI is InChI=1S/C30H33FN4O3/c1-22-10-12-23(13-11-22)20-34(15-14-24-19-32-28-9-4-3-8-27(24)28)29(36)21-35(16-17-38-2)30(37)33-26-7-5-6-25(31)18-26/h3-13,18-19,32H,14-17,20-21H2,1-2H3,(H,33,37). The zero-order valence-corrected chi connectivity index (χ0v) is 21.7. The van der Waals surface area contributed by atoms with E-state index in [2.05, 4.69) is 16.4 Å². The smallest absolute Gasteiger partial charge is 0.322 e. The van der Waals surface area contributed by atoms with Gasteiger partial charge in [0.15, 0.2) is 0 Å². The number of methoxy groups -OCH3 is 1. The number of hydrogen-bond donors (Lipinski definition) is 2. The molecule has 0 saturated carbocycles. The van der Waals surface area contributed by atoms with Crippen molar-refractivity contribution in [2.75, 3.05) is 38.7 Å². The summed E-state index contributed by atoms with van der Waals surface area (Å²) >= 11 is 0. The molecule has 2 N–H and O–H groups in total. The molecule has 0 fully saturated rings. The Morgan fingerprint density at radius 1 is 0.974 bits per heavy atom. The number of carbonyl (C=O) groups excluding carboxylic acids is 2. The zero-order valence-electron chi connectivity index (χ0n) is 21.7. The van der Waals surface area contributed by atoms with Crippen molar-refractivity contribution in [1.29, 1.82) is 0 Å². The lowest BCUT2D eigenvalue weighted by Gasteiger charge is -2.28. The summed E-state index contributed by atoms with van der Waals surface area (Å²) in [6.45, 7) is 3.27. The molecule has 0 atom stereocenters. The maximum atomic E-state index is 13.6. The largest absolute Gasteiger partial charge is 0.383 e. The minimum atomic E-state index is -0.493. The summed E-state index contributed by atoms with van der Waals surface area (Å²) in [6.07, 6.45) is 2.64. The molecule has 0 unspecified atom stereocenters. The first kappa shape index (κ1) is 26.9. The maximum Gasteiger partial charge on any atom is 0.322 e. The summed E-state index contributed by atoms with van der Waals surface area (Å²) in [5, 5.41) is 3.81. The van der Waals surface area contributed by atoms with Gasteiger partial charge in [-0.15, -0.1) is 0 Å². The third kappa shape index (κ3) is 7.20. The highest BCUT2D eigenvalue weighted by atomic mass is 19.1. The van der Waals surface area contributed by atoms with Gasteiger partial charge in [0, 0.05) is 49.5 Å². The Bertz CT molecular complexity index is 1370. The lowest BCUT2D eigenvalue weighted by atomic mass is 10.1. The number of aromatic amines is 1. The molecule has 0 spiro atoms. The van der Waals surface area contributed by atoms with Gasteiger partial charge in [-0.2, -0.15) is 0 Å². The molecule has 0 aliphatic carbocycles. The van der Waals surface area contributed by atoms with E-state index in [1.165, 1.54) is 30.2 Å². The van der Waals surface area contributed by atoms with Crippen LogP contribution in [0.2, 0.25) is 0 Å². The van der Waals surface area contributed by atoms with Crippen molar-refractivity contribution < 1.29 is 18.7 Å². The van der Waals surface area contributed by atoms with E-state index in [1.807, 2.05) is 55.6 Å². The first-order valence-electron chi connectivity index (χ1n) is 12.6. The van der Waals surface area contributed by atoms with Crippen LogP contribution in [0.3, 0.4) is 0 Å². The van der Waals surface area contributed by atoms with Gasteiger partial charge in [0.25, 0.3) is 0 Å². The molecule has 198 valence electrons. The molecule has 3 aromatic carbocycles. The number of H-pyrrole nitrogens is 1. The van der Waals surface area contributed by atoms with Gasteiger partial charge in [-0.25, -0.2) is 9.18 Å². The molecule has 8 heteroatoms. The SMILES string of the molecule is COCCN(CC(=O)N(CCc1c[nH]c2ccccc12)Cc1ccc(C)cc1)C(=O)Nc1cccc(F)c1. The Balaban J connectivity index is 1.50. The quantitative estimate of drug-likeness (QED) is 0.282. The second-order valence-electron chi connectivity index (χ2n) is 9.27. The van der Waals surface area contributed by atoms with E-state index in [-0.39, 0.29) is 25.6 Å². The molecule has 1 heterocycles. The van der Waals surface area contributed by atoms with E-state index in [1.54, 1.807) is 11.0 Å². The van der Waals surface area contributed by atoms with Crippen molar-refractivity contribution in [2.24, 2.45) is 0 Å². The number of fused-ring (bicyclic) bond motifs is 1. The van der Waals surface area contributed by atoms with Crippen LogP contribution in [0.25, 0.3) is 10.9 Å². The molecule has 0 bridgehead atoms. The second-order valence-corrected chi connectivity index (χ2v) is 9.27. The number of nitrogens with zero attached hydrogens (tertiary/aromatic N) is 2. The van der Waals surface area contributed by atoms with Crippen LogP contribution < -0.4 is 5.32 Å². The van der Waals surface area contributed by atoms with Crippen molar-refractivity contribution >= 4 is 28.5 Å². The van der Waals surface area contributed by atoms with Gasteiger partial charge < -0.3 is 24.8 Å². The molecule has 0 saturated heterocycles. The van der Waals surface area contributed by atoms with Crippen molar-refractivity contribution in [1.82, 2.24) is 14.8 Å². The van der Waals surface area contributed by atoms with Crippen molar-refractivity contribution in [3.05, 3.63) is 102 Å². The predicted octanol–water partition coefficient (Wildman–Crippen LogP) is 5.37. The lowest BCUT2D eigenvalue weighted by Crippen LogP contribution is -2.46. The number of halogens is 1. The summed E-state index contributed by atoms with van der Waals surface area (Å²) in [5.74, 6) is -0.639. The van der Waals surface area contributed by atoms with Crippen LogP contribution in [0.1, 0.15) is 16.7 Å². The van der Waals surface area contributed by atoms with E-state index in [9.17, 15) is 14.0 Å². The Labute approximate surface area is 222 Å². The van der Waals surface area contributed by atoms with Crippen LogP contribution in [0, 0.1) is 12.7 Å². The third-order valence-electron chi connectivity index (χ3n) is 6.43. The fraction of sp³-hybridized carbons (Fsp3) is 0.267. The van der Waals surface area contributed by atoms with Gasteiger partial charge in [-0.05, 0) is 48.7 Å². The van der Waals surface area contributed by atoms with Crippen molar-refractivity contribution in [2.45, 2.75) is 19.9 Å². The summed E-state index contributed by atoms with van der Waals surface area (Å²) in [7, 11) is 1.54. The fourth-order valence-electron chi connectivity index (χ4n) is 4.29. The number of aromatic nitrogens is 1.